The number of hydrogen-bond donors (Lipinski definition) is 1. The third-order valence-electron chi connectivity index (χ3n) is 2.88. The van der Waals surface area contributed by atoms with Gasteiger partial charge in [-0.2, -0.15) is 0 Å². The van der Waals surface area contributed by atoms with Gasteiger partial charge in [0.05, 0.1) is 7.11 Å². The number of amides is 1. The fourth-order valence-corrected chi connectivity index (χ4v) is 2.10. The van der Waals surface area contributed by atoms with Crippen LogP contribution in [-0.4, -0.2) is 19.6 Å². The Labute approximate surface area is 136 Å². The van der Waals surface area contributed by atoms with Gasteiger partial charge >= 0.3 is 0 Å². The molecule has 0 aliphatic heterocycles. The standard InChI is InChI=1S/C16H15BrFNO3/c1-21-13-4-2-3-11(7-13)9-19-16(20)10-22-15-6-5-12(17)8-14(15)18/h2-8H,9-10H2,1H3,(H,19,20). The lowest BCUT2D eigenvalue weighted by atomic mass is 10.2. The second kappa shape index (κ2) is 7.79. The number of benzene rings is 2. The van der Waals surface area contributed by atoms with Crippen molar-refractivity contribution in [3.05, 3.63) is 58.3 Å². The molecular formula is C16H15BrFNO3. The minimum absolute atomic E-state index is 0.0414. The van der Waals surface area contributed by atoms with Gasteiger partial charge in [-0.3, -0.25) is 4.79 Å². The summed E-state index contributed by atoms with van der Waals surface area (Å²) in [6, 6.07) is 11.8. The normalized spacial score (nSPS) is 10.1. The summed E-state index contributed by atoms with van der Waals surface area (Å²) in [5, 5.41) is 2.70. The Bertz CT molecular complexity index is 664. The first-order valence-corrected chi connectivity index (χ1v) is 7.35. The number of carbonyl (C=O) groups excluding carboxylic acids is 1. The molecule has 2 aromatic carbocycles. The molecule has 0 aliphatic carbocycles. The largest absolute Gasteiger partial charge is 0.497 e. The van der Waals surface area contributed by atoms with Crippen molar-refractivity contribution in [1.29, 1.82) is 0 Å². The summed E-state index contributed by atoms with van der Waals surface area (Å²) >= 11 is 3.15. The molecule has 0 fully saturated rings. The average Bonchev–Trinajstić information content (AvgIpc) is 2.52. The highest BCUT2D eigenvalue weighted by atomic mass is 79.9. The van der Waals surface area contributed by atoms with Crippen LogP contribution in [0, 0.1) is 5.82 Å². The molecule has 1 N–H and O–H groups in total. The van der Waals surface area contributed by atoms with Gasteiger partial charge in [0.25, 0.3) is 5.91 Å². The van der Waals surface area contributed by atoms with Crippen LogP contribution in [0.25, 0.3) is 0 Å². The molecule has 0 unspecified atom stereocenters. The second-order valence-corrected chi connectivity index (χ2v) is 5.41. The molecule has 0 aliphatic rings. The molecule has 0 aromatic heterocycles. The minimum Gasteiger partial charge on any atom is -0.497 e. The van der Waals surface area contributed by atoms with E-state index in [2.05, 4.69) is 21.2 Å². The van der Waals surface area contributed by atoms with Crippen molar-refractivity contribution in [2.24, 2.45) is 0 Å². The molecule has 0 bridgehead atoms. The molecule has 0 spiro atoms. The van der Waals surface area contributed by atoms with Crippen LogP contribution in [0.1, 0.15) is 5.56 Å². The van der Waals surface area contributed by atoms with Crippen LogP contribution < -0.4 is 14.8 Å². The van der Waals surface area contributed by atoms with E-state index in [-0.39, 0.29) is 18.3 Å². The van der Waals surface area contributed by atoms with Crippen LogP contribution >= 0.6 is 15.9 Å². The summed E-state index contributed by atoms with van der Waals surface area (Å²) in [6.45, 7) is 0.102. The Hall–Kier alpha value is -2.08. The van der Waals surface area contributed by atoms with E-state index in [9.17, 15) is 9.18 Å². The number of carbonyl (C=O) groups is 1. The smallest absolute Gasteiger partial charge is 0.258 e. The van der Waals surface area contributed by atoms with Crippen molar-refractivity contribution in [3.8, 4) is 11.5 Å². The number of halogens is 2. The minimum atomic E-state index is -0.519. The number of methoxy groups -OCH3 is 1. The fourth-order valence-electron chi connectivity index (χ4n) is 1.77. The summed E-state index contributed by atoms with van der Waals surface area (Å²) < 4.78 is 24.4. The van der Waals surface area contributed by atoms with Gasteiger partial charge in [-0.05, 0) is 35.9 Å². The van der Waals surface area contributed by atoms with Gasteiger partial charge in [-0.1, -0.05) is 28.1 Å². The maximum atomic E-state index is 13.5. The SMILES string of the molecule is COc1cccc(CNC(=O)COc2ccc(Br)cc2F)c1. The number of ether oxygens (including phenoxy) is 2. The predicted molar refractivity (Wildman–Crippen MR) is 84.4 cm³/mol. The predicted octanol–water partition coefficient (Wildman–Crippen LogP) is 3.29. The molecule has 0 atom stereocenters. The summed E-state index contributed by atoms with van der Waals surface area (Å²) in [6.07, 6.45) is 0. The third-order valence-corrected chi connectivity index (χ3v) is 3.37. The van der Waals surface area contributed by atoms with Crippen molar-refractivity contribution in [2.75, 3.05) is 13.7 Å². The maximum Gasteiger partial charge on any atom is 0.258 e. The first-order chi connectivity index (χ1) is 10.6. The molecular weight excluding hydrogens is 353 g/mol. The van der Waals surface area contributed by atoms with Crippen molar-refractivity contribution >= 4 is 21.8 Å². The van der Waals surface area contributed by atoms with Crippen LogP contribution in [0.4, 0.5) is 4.39 Å². The molecule has 2 rings (SSSR count). The Morgan fingerprint density at radius 3 is 2.82 bits per heavy atom. The fraction of sp³-hybridized carbons (Fsp3) is 0.188. The molecule has 0 heterocycles. The van der Waals surface area contributed by atoms with Gasteiger partial charge in [0, 0.05) is 11.0 Å². The van der Waals surface area contributed by atoms with Gasteiger partial charge in [-0.15, -0.1) is 0 Å². The molecule has 6 heteroatoms. The third kappa shape index (κ3) is 4.73. The Morgan fingerprint density at radius 2 is 2.09 bits per heavy atom. The molecule has 0 radical (unpaired) electrons. The van der Waals surface area contributed by atoms with Crippen molar-refractivity contribution < 1.29 is 18.7 Å². The summed E-state index contributed by atoms with van der Waals surface area (Å²) in [4.78, 5) is 11.7. The van der Waals surface area contributed by atoms with E-state index in [1.54, 1.807) is 13.2 Å². The topological polar surface area (TPSA) is 47.6 Å². The van der Waals surface area contributed by atoms with E-state index in [1.807, 2.05) is 24.3 Å². The zero-order valence-electron chi connectivity index (χ0n) is 11.9. The lowest BCUT2D eigenvalue weighted by molar-refractivity contribution is -0.123. The summed E-state index contributed by atoms with van der Waals surface area (Å²) in [7, 11) is 1.58. The molecule has 2 aromatic rings. The van der Waals surface area contributed by atoms with Gasteiger partial charge in [-0.25, -0.2) is 4.39 Å². The van der Waals surface area contributed by atoms with Crippen LogP contribution in [0.15, 0.2) is 46.9 Å². The van der Waals surface area contributed by atoms with Crippen molar-refractivity contribution in [3.63, 3.8) is 0 Å². The van der Waals surface area contributed by atoms with Gasteiger partial charge in [0.2, 0.25) is 0 Å². The van der Waals surface area contributed by atoms with E-state index in [1.165, 1.54) is 12.1 Å². The Morgan fingerprint density at radius 1 is 1.27 bits per heavy atom. The first kappa shape index (κ1) is 16.3. The molecule has 116 valence electrons. The Kier molecular flexibility index (Phi) is 5.77. The number of rotatable bonds is 6. The summed E-state index contributed by atoms with van der Waals surface area (Å²) in [5.74, 6) is -0.0835. The quantitative estimate of drug-likeness (QED) is 0.851. The van der Waals surface area contributed by atoms with Crippen molar-refractivity contribution in [2.45, 2.75) is 6.54 Å². The van der Waals surface area contributed by atoms with E-state index in [0.29, 0.717) is 11.0 Å². The van der Waals surface area contributed by atoms with Gasteiger partial charge in [0.15, 0.2) is 18.2 Å². The van der Waals surface area contributed by atoms with E-state index < -0.39 is 5.82 Å². The Balaban J connectivity index is 1.82. The molecule has 22 heavy (non-hydrogen) atoms. The van der Waals surface area contributed by atoms with E-state index in [0.717, 1.165) is 11.3 Å². The maximum absolute atomic E-state index is 13.5. The van der Waals surface area contributed by atoms with E-state index >= 15 is 0 Å². The van der Waals surface area contributed by atoms with Crippen molar-refractivity contribution in [1.82, 2.24) is 5.32 Å². The lowest BCUT2D eigenvalue weighted by Gasteiger charge is -2.09. The highest BCUT2D eigenvalue weighted by Gasteiger charge is 2.07. The highest BCUT2D eigenvalue weighted by Crippen LogP contribution is 2.21. The zero-order chi connectivity index (χ0) is 15.9. The first-order valence-electron chi connectivity index (χ1n) is 6.56. The molecule has 1 amide bonds. The molecule has 4 nitrogen and oxygen atoms in total. The summed E-state index contributed by atoms with van der Waals surface area (Å²) in [5.41, 5.74) is 0.905. The zero-order valence-corrected chi connectivity index (χ0v) is 13.5. The van der Waals surface area contributed by atoms with Crippen LogP contribution in [-0.2, 0) is 11.3 Å². The van der Waals surface area contributed by atoms with Gasteiger partial charge < -0.3 is 14.8 Å². The van der Waals surface area contributed by atoms with Gasteiger partial charge in [0.1, 0.15) is 5.75 Å². The number of nitrogens with one attached hydrogen (secondary N) is 1. The molecule has 0 saturated heterocycles. The van der Waals surface area contributed by atoms with E-state index in [4.69, 9.17) is 9.47 Å². The van der Waals surface area contributed by atoms with Crippen LogP contribution in [0.2, 0.25) is 0 Å². The number of hydrogen-bond acceptors (Lipinski definition) is 3. The van der Waals surface area contributed by atoms with Crippen LogP contribution in [0.5, 0.6) is 11.5 Å². The molecule has 0 saturated carbocycles. The lowest BCUT2D eigenvalue weighted by Crippen LogP contribution is -2.28. The highest BCUT2D eigenvalue weighted by molar-refractivity contribution is 9.10. The monoisotopic (exact) mass is 367 g/mol. The second-order valence-electron chi connectivity index (χ2n) is 4.49. The van der Waals surface area contributed by atoms with Crippen LogP contribution in [0.3, 0.4) is 0 Å². The average molecular weight is 368 g/mol.